The van der Waals surface area contributed by atoms with Gasteiger partial charge in [-0.1, -0.05) is 89.3 Å². The molecule has 0 aliphatic rings. The molecule has 5 N–H and O–H groups in total. The number of unbranched alkanes of at least 4 members (excludes halogenated alkanes) is 5. The minimum Gasteiger partial charge on any atom is -0.460 e. The fourth-order valence-electron chi connectivity index (χ4n) is 8.73. The van der Waals surface area contributed by atoms with E-state index in [1.807, 2.05) is 45.0 Å². The summed E-state index contributed by atoms with van der Waals surface area (Å²) in [7, 11) is 0. The average Bonchev–Trinajstić information content (AvgIpc) is 3.81. The van der Waals surface area contributed by atoms with E-state index in [9.17, 15) is 38.4 Å². The Balaban J connectivity index is 1.59. The number of amides is 5. The van der Waals surface area contributed by atoms with Crippen molar-refractivity contribution in [2.75, 3.05) is 11.9 Å². The fraction of sp³-hybridized carbons (Fsp3) is 0.639. The van der Waals surface area contributed by atoms with E-state index < -0.39 is 76.2 Å². The number of hydrogen-bond acceptors (Lipinski definition) is 13. The van der Waals surface area contributed by atoms with Gasteiger partial charge in [0, 0.05) is 53.1 Å². The van der Waals surface area contributed by atoms with Gasteiger partial charge in [0.05, 0.1) is 23.9 Å². The molecule has 450 valence electrons. The first-order valence-electron chi connectivity index (χ1n) is 28.7. The number of benzene rings is 2. The van der Waals surface area contributed by atoms with Crippen LogP contribution in [0.15, 0.2) is 54.7 Å². The first kappa shape index (κ1) is 69.3. The molecule has 3 rings (SSSR count). The summed E-state index contributed by atoms with van der Waals surface area (Å²) in [6.07, 6.45) is 9.03. The van der Waals surface area contributed by atoms with Gasteiger partial charge in [0.1, 0.15) is 35.2 Å². The Morgan fingerprint density at radius 1 is 0.642 bits per heavy atom. The Labute approximate surface area is 494 Å². The topological polar surface area (TPSA) is 255 Å². The van der Waals surface area contributed by atoms with Crippen molar-refractivity contribution in [3.63, 3.8) is 0 Å². The molecule has 1 aromatic heterocycles. The van der Waals surface area contributed by atoms with Gasteiger partial charge in [-0.25, -0.2) is 19.1 Å². The highest BCUT2D eigenvalue weighted by Gasteiger charge is 2.33. The molecule has 0 saturated heterocycles. The highest BCUT2D eigenvalue weighted by molar-refractivity contribution is 14.1. The Bertz CT molecular complexity index is 2520. The predicted molar refractivity (Wildman–Crippen MR) is 322 cm³/mol. The first-order valence-corrected chi connectivity index (χ1v) is 29.7. The third-order valence-corrected chi connectivity index (χ3v) is 13.5. The molecule has 0 radical (unpaired) electrons. The molecule has 19 nitrogen and oxygen atoms in total. The monoisotopic (exact) mass is 1240 g/mol. The highest BCUT2D eigenvalue weighted by Crippen LogP contribution is 2.26. The zero-order valence-electron chi connectivity index (χ0n) is 50.4. The number of hydrogen-bond donors (Lipinski definition) is 5. The van der Waals surface area contributed by atoms with E-state index in [4.69, 9.17) is 14.2 Å². The number of Topliss-reactive ketones (excluding diaryl/α,β-unsaturated/α-hetero) is 2. The summed E-state index contributed by atoms with van der Waals surface area (Å²) in [5, 5.41) is 22.5. The van der Waals surface area contributed by atoms with Crippen molar-refractivity contribution in [3.05, 3.63) is 63.9 Å². The molecule has 0 saturated carbocycles. The lowest BCUT2D eigenvalue weighted by molar-refractivity contribution is -0.161. The Kier molecular flexibility index (Phi) is 28.5. The quantitative estimate of drug-likeness (QED) is 0.0169. The van der Waals surface area contributed by atoms with Gasteiger partial charge in [-0.05, 0) is 165 Å². The summed E-state index contributed by atoms with van der Waals surface area (Å²) < 4.78 is 19.4. The smallest absolute Gasteiger partial charge is 0.329 e. The number of halogens is 1. The van der Waals surface area contributed by atoms with Gasteiger partial charge in [0.15, 0.2) is 5.78 Å². The molecule has 0 aliphatic heterocycles. The van der Waals surface area contributed by atoms with Crippen LogP contribution >= 0.6 is 22.6 Å². The van der Waals surface area contributed by atoms with Crippen molar-refractivity contribution in [1.82, 2.24) is 36.3 Å². The number of anilines is 1. The third-order valence-electron chi connectivity index (χ3n) is 12.8. The fourth-order valence-corrected chi connectivity index (χ4v) is 9.09. The van der Waals surface area contributed by atoms with E-state index in [0.29, 0.717) is 87.6 Å². The maximum Gasteiger partial charge on any atom is 0.329 e. The minimum absolute atomic E-state index is 0.101. The Hall–Kier alpha value is -5.93. The summed E-state index contributed by atoms with van der Waals surface area (Å²) in [6, 6.07) is 11.5. The van der Waals surface area contributed by atoms with Gasteiger partial charge >= 0.3 is 30.0 Å². The molecule has 20 heteroatoms. The summed E-state index contributed by atoms with van der Waals surface area (Å²) in [4.78, 5) is 106. The zero-order chi connectivity index (χ0) is 60.6. The second-order valence-corrected chi connectivity index (χ2v) is 26.2. The van der Waals surface area contributed by atoms with Crippen LogP contribution in [0.1, 0.15) is 192 Å². The molecule has 81 heavy (non-hydrogen) atoms. The molecular weight excluding hydrogens is 1150 g/mol. The molecular formula is C61H93IN8O11. The number of esters is 3. The maximum absolute atomic E-state index is 14.1. The minimum atomic E-state index is -0.980. The SMILES string of the molecule is CCCCC[C@H](NC(=O)Cn1nncc1-c1cccc(NC(=O)NCCCC[C@H](NC(=O)N[C@@H](CCC(=O)OC(C)(C)C)C(C)(C)C)C(=O)OC(C)(C)C)c1)C(=O)C[C@@H](CCCCCC(=O)Cc1ccc(I)cc1)C(=O)OC(C)(C)C. The molecule has 0 bridgehead atoms. The van der Waals surface area contributed by atoms with Gasteiger partial charge in [0.2, 0.25) is 5.91 Å². The van der Waals surface area contributed by atoms with Crippen LogP contribution in [0.5, 0.6) is 0 Å². The van der Waals surface area contributed by atoms with Crippen LogP contribution in [0.3, 0.4) is 0 Å². The number of rotatable bonds is 32. The van der Waals surface area contributed by atoms with E-state index in [1.54, 1.807) is 86.6 Å². The van der Waals surface area contributed by atoms with Gasteiger partial charge in [0.25, 0.3) is 0 Å². The zero-order valence-corrected chi connectivity index (χ0v) is 52.6. The van der Waals surface area contributed by atoms with Crippen LogP contribution in [-0.2, 0) is 55.9 Å². The highest BCUT2D eigenvalue weighted by atomic mass is 127. The molecule has 0 spiro atoms. The number of nitrogens with zero attached hydrogens (tertiary/aromatic N) is 3. The summed E-state index contributed by atoms with van der Waals surface area (Å²) >= 11 is 2.23. The lowest BCUT2D eigenvalue weighted by atomic mass is 9.84. The largest absolute Gasteiger partial charge is 0.460 e. The van der Waals surface area contributed by atoms with Crippen molar-refractivity contribution < 1.29 is 52.6 Å². The van der Waals surface area contributed by atoms with Crippen LogP contribution in [0.2, 0.25) is 0 Å². The average molecular weight is 1240 g/mol. The van der Waals surface area contributed by atoms with E-state index in [0.717, 1.165) is 22.0 Å². The first-order chi connectivity index (χ1) is 37.8. The number of carbonyl (C=O) groups is 8. The number of ketones is 2. The Morgan fingerprint density at radius 2 is 1.27 bits per heavy atom. The normalized spacial score (nSPS) is 13.4. The molecule has 5 amide bonds. The van der Waals surface area contributed by atoms with Crippen LogP contribution < -0.4 is 26.6 Å². The van der Waals surface area contributed by atoms with E-state index in [1.165, 1.54) is 10.9 Å². The molecule has 0 unspecified atom stereocenters. The molecule has 0 fully saturated rings. The summed E-state index contributed by atoms with van der Waals surface area (Å²) in [5.74, 6) is -2.73. The van der Waals surface area contributed by atoms with Crippen molar-refractivity contribution in [3.8, 4) is 11.3 Å². The summed E-state index contributed by atoms with van der Waals surface area (Å²) in [6.45, 7) is 23.9. The number of ether oxygens (including phenoxy) is 3. The third kappa shape index (κ3) is 29.1. The second-order valence-electron chi connectivity index (χ2n) is 24.9. The van der Waals surface area contributed by atoms with Gasteiger partial charge in [-0.15, -0.1) is 5.10 Å². The second kappa shape index (κ2) is 33.2. The summed E-state index contributed by atoms with van der Waals surface area (Å²) in [5.41, 5.74) is -0.0865. The van der Waals surface area contributed by atoms with Crippen molar-refractivity contribution in [2.24, 2.45) is 11.3 Å². The number of urea groups is 2. The maximum atomic E-state index is 14.1. The lowest BCUT2D eigenvalue weighted by Crippen LogP contribution is -2.53. The van der Waals surface area contributed by atoms with Crippen molar-refractivity contribution in [1.29, 1.82) is 0 Å². The predicted octanol–water partition coefficient (Wildman–Crippen LogP) is 11.1. The van der Waals surface area contributed by atoms with Gasteiger partial charge in [-0.2, -0.15) is 0 Å². The van der Waals surface area contributed by atoms with Gasteiger partial charge in [-0.3, -0.25) is 24.0 Å². The van der Waals surface area contributed by atoms with Crippen LogP contribution in [-0.4, -0.2) is 104 Å². The van der Waals surface area contributed by atoms with Crippen LogP contribution in [0, 0.1) is 14.9 Å². The van der Waals surface area contributed by atoms with Crippen LogP contribution in [0.25, 0.3) is 11.3 Å². The Morgan fingerprint density at radius 3 is 1.91 bits per heavy atom. The molecule has 2 aromatic carbocycles. The molecule has 1 heterocycles. The van der Waals surface area contributed by atoms with E-state index in [2.05, 4.69) is 66.4 Å². The van der Waals surface area contributed by atoms with Crippen molar-refractivity contribution >= 4 is 75.7 Å². The molecule has 3 aromatic rings. The lowest BCUT2D eigenvalue weighted by Gasteiger charge is -2.32. The standard InChI is InChI=1S/C61H93IN8O11/c1-14-15-17-27-47(50(72)38-43(54(75)80-60(8,9)10)23-18-16-19-26-46(71)36-41-29-31-44(62)32-30-41)66-52(73)40-70-49(39-64-69-70)42-24-22-25-45(37-42)65-56(77)63-35-21-20-28-48(55(76)81-61(11,12)13)67-57(78)68-51(58(2,3)4)33-34-53(74)79-59(5,6)7/h22,24-25,29-32,37,39,43,47-48,51H,14-21,23,26-28,33-36,38,40H2,1-13H3,(H,66,73)(H2,63,65,77)(H2,67,68,78)/t43-,47+,48+,51+/m1/s1. The van der Waals surface area contributed by atoms with Crippen molar-refractivity contribution in [2.45, 2.75) is 234 Å². The van der Waals surface area contributed by atoms with Crippen LogP contribution in [0.4, 0.5) is 15.3 Å². The van der Waals surface area contributed by atoms with E-state index in [-0.39, 0.29) is 49.9 Å². The van der Waals surface area contributed by atoms with E-state index >= 15 is 0 Å². The molecule has 0 aliphatic carbocycles. The number of nitrogens with one attached hydrogen (secondary N) is 5. The number of aromatic nitrogens is 3. The number of carbonyl (C=O) groups excluding carboxylic acids is 8. The molecule has 4 atom stereocenters. The van der Waals surface area contributed by atoms with Gasteiger partial charge < -0.3 is 40.8 Å².